The summed E-state index contributed by atoms with van der Waals surface area (Å²) < 4.78 is 6.35. The molecular weight excluding hydrogens is 330 g/mol. The van der Waals surface area contributed by atoms with Crippen molar-refractivity contribution in [3.8, 4) is 0 Å². The standard InChI is InChI=1S/C14H17BrClNO2/c1-2-13-10(5-6-19-13)8-17-14(18)9-3-4-12(16)11(15)7-9/h3-4,7,10,13H,2,5-6,8H2,1H3,(H,17,18). The fourth-order valence-corrected chi connectivity index (χ4v) is 2.84. The molecule has 1 heterocycles. The fourth-order valence-electron chi connectivity index (χ4n) is 2.34. The maximum Gasteiger partial charge on any atom is 0.251 e. The van der Waals surface area contributed by atoms with Crippen molar-refractivity contribution >= 4 is 33.4 Å². The van der Waals surface area contributed by atoms with E-state index in [-0.39, 0.29) is 12.0 Å². The molecule has 5 heteroatoms. The van der Waals surface area contributed by atoms with Gasteiger partial charge in [-0.3, -0.25) is 4.79 Å². The molecule has 1 aliphatic rings. The molecule has 0 aromatic heterocycles. The second-order valence-corrected chi connectivity index (χ2v) is 5.97. The van der Waals surface area contributed by atoms with E-state index in [4.69, 9.17) is 16.3 Å². The minimum Gasteiger partial charge on any atom is -0.378 e. The number of carbonyl (C=O) groups excluding carboxylic acids is 1. The molecule has 0 saturated carbocycles. The normalized spacial score (nSPS) is 22.5. The molecule has 3 nitrogen and oxygen atoms in total. The molecule has 1 saturated heterocycles. The van der Waals surface area contributed by atoms with Crippen molar-refractivity contribution in [1.29, 1.82) is 0 Å². The van der Waals surface area contributed by atoms with E-state index in [0.29, 0.717) is 23.0 Å². The Morgan fingerprint density at radius 3 is 3.05 bits per heavy atom. The van der Waals surface area contributed by atoms with Gasteiger partial charge in [0.2, 0.25) is 0 Å². The summed E-state index contributed by atoms with van der Waals surface area (Å²) in [6, 6.07) is 5.18. The lowest BCUT2D eigenvalue weighted by molar-refractivity contribution is 0.0827. The first-order valence-electron chi connectivity index (χ1n) is 6.46. The van der Waals surface area contributed by atoms with Crippen LogP contribution in [0.3, 0.4) is 0 Å². The Labute approximate surface area is 126 Å². The number of ether oxygens (including phenoxy) is 1. The van der Waals surface area contributed by atoms with Crippen molar-refractivity contribution in [1.82, 2.24) is 5.32 Å². The highest BCUT2D eigenvalue weighted by Gasteiger charge is 2.26. The summed E-state index contributed by atoms with van der Waals surface area (Å²) in [4.78, 5) is 12.0. The quantitative estimate of drug-likeness (QED) is 0.904. The molecule has 2 atom stereocenters. The molecule has 1 aliphatic heterocycles. The van der Waals surface area contributed by atoms with Crippen molar-refractivity contribution in [3.63, 3.8) is 0 Å². The Bertz CT molecular complexity index is 467. The summed E-state index contributed by atoms with van der Waals surface area (Å²) in [7, 11) is 0. The van der Waals surface area contributed by atoms with Crippen LogP contribution in [0.2, 0.25) is 5.02 Å². The van der Waals surface area contributed by atoms with Gasteiger partial charge in [0.05, 0.1) is 11.1 Å². The van der Waals surface area contributed by atoms with Crippen molar-refractivity contribution in [2.45, 2.75) is 25.9 Å². The predicted octanol–water partition coefficient (Wildman–Crippen LogP) is 3.65. The van der Waals surface area contributed by atoms with Crippen molar-refractivity contribution in [2.75, 3.05) is 13.2 Å². The minimum atomic E-state index is -0.0703. The molecule has 1 aromatic rings. The predicted molar refractivity (Wildman–Crippen MR) is 79.6 cm³/mol. The van der Waals surface area contributed by atoms with E-state index in [1.54, 1.807) is 18.2 Å². The van der Waals surface area contributed by atoms with Crippen LogP contribution in [0.25, 0.3) is 0 Å². The van der Waals surface area contributed by atoms with E-state index in [1.807, 2.05) is 0 Å². The van der Waals surface area contributed by atoms with Crippen LogP contribution in [0.1, 0.15) is 30.1 Å². The van der Waals surface area contributed by atoms with Crippen LogP contribution < -0.4 is 5.32 Å². The first-order chi connectivity index (χ1) is 9.11. The number of hydrogen-bond donors (Lipinski definition) is 1. The maximum absolute atomic E-state index is 12.0. The Kier molecular flexibility index (Phi) is 5.25. The van der Waals surface area contributed by atoms with E-state index in [0.717, 1.165) is 23.9 Å². The van der Waals surface area contributed by atoms with Crippen LogP contribution in [0, 0.1) is 5.92 Å². The van der Waals surface area contributed by atoms with Gasteiger partial charge in [-0.15, -0.1) is 0 Å². The van der Waals surface area contributed by atoms with E-state index < -0.39 is 0 Å². The van der Waals surface area contributed by atoms with E-state index >= 15 is 0 Å². The van der Waals surface area contributed by atoms with Crippen molar-refractivity contribution in [2.24, 2.45) is 5.92 Å². The maximum atomic E-state index is 12.0. The van der Waals surface area contributed by atoms with E-state index in [2.05, 4.69) is 28.2 Å². The topological polar surface area (TPSA) is 38.3 Å². The first kappa shape index (κ1) is 14.8. The molecule has 1 aromatic carbocycles. The van der Waals surface area contributed by atoms with E-state index in [9.17, 15) is 4.79 Å². The average molecular weight is 347 g/mol. The SMILES string of the molecule is CCC1OCCC1CNC(=O)c1ccc(Cl)c(Br)c1. The molecule has 0 radical (unpaired) electrons. The number of rotatable bonds is 4. The smallest absolute Gasteiger partial charge is 0.251 e. The Balaban J connectivity index is 1.92. The zero-order chi connectivity index (χ0) is 13.8. The largest absolute Gasteiger partial charge is 0.378 e. The summed E-state index contributed by atoms with van der Waals surface area (Å²) in [6.07, 6.45) is 2.29. The van der Waals surface area contributed by atoms with Crippen LogP contribution in [-0.2, 0) is 4.74 Å². The van der Waals surface area contributed by atoms with Gasteiger partial charge in [0.25, 0.3) is 5.91 Å². The summed E-state index contributed by atoms with van der Waals surface area (Å²) in [5, 5.41) is 3.57. The minimum absolute atomic E-state index is 0.0703. The van der Waals surface area contributed by atoms with Gasteiger partial charge in [-0.05, 0) is 47.0 Å². The highest BCUT2D eigenvalue weighted by molar-refractivity contribution is 9.10. The summed E-state index contributed by atoms with van der Waals surface area (Å²) in [5.41, 5.74) is 0.614. The van der Waals surface area contributed by atoms with Gasteiger partial charge in [-0.25, -0.2) is 0 Å². The summed E-state index contributed by atoms with van der Waals surface area (Å²) >= 11 is 9.23. The summed E-state index contributed by atoms with van der Waals surface area (Å²) in [5.74, 6) is 0.351. The van der Waals surface area contributed by atoms with Crippen molar-refractivity contribution < 1.29 is 9.53 Å². The Morgan fingerprint density at radius 1 is 1.58 bits per heavy atom. The van der Waals surface area contributed by atoms with Gasteiger partial charge in [0.15, 0.2) is 0 Å². The van der Waals surface area contributed by atoms with Crippen LogP contribution in [0.5, 0.6) is 0 Å². The monoisotopic (exact) mass is 345 g/mol. The van der Waals surface area contributed by atoms with Crippen molar-refractivity contribution in [3.05, 3.63) is 33.3 Å². The lowest BCUT2D eigenvalue weighted by Gasteiger charge is -2.17. The molecule has 19 heavy (non-hydrogen) atoms. The zero-order valence-electron chi connectivity index (χ0n) is 10.8. The first-order valence-corrected chi connectivity index (χ1v) is 7.63. The van der Waals surface area contributed by atoms with Gasteiger partial charge in [-0.2, -0.15) is 0 Å². The highest BCUT2D eigenvalue weighted by Crippen LogP contribution is 2.24. The van der Waals surface area contributed by atoms with Gasteiger partial charge in [-0.1, -0.05) is 18.5 Å². The molecular formula is C14H17BrClNO2. The molecule has 1 N–H and O–H groups in total. The lowest BCUT2D eigenvalue weighted by Crippen LogP contribution is -2.32. The van der Waals surface area contributed by atoms with Gasteiger partial charge in [0, 0.05) is 29.1 Å². The number of carbonyl (C=O) groups is 1. The van der Waals surface area contributed by atoms with Crippen LogP contribution in [0.15, 0.2) is 22.7 Å². The molecule has 2 unspecified atom stereocenters. The Morgan fingerprint density at radius 2 is 2.37 bits per heavy atom. The van der Waals surface area contributed by atoms with Crippen LogP contribution in [0.4, 0.5) is 0 Å². The second kappa shape index (κ2) is 6.73. The van der Waals surface area contributed by atoms with Gasteiger partial charge in [0.1, 0.15) is 0 Å². The number of halogens is 2. The second-order valence-electron chi connectivity index (χ2n) is 4.71. The number of amides is 1. The molecule has 1 fully saturated rings. The molecule has 1 amide bonds. The van der Waals surface area contributed by atoms with Crippen LogP contribution >= 0.6 is 27.5 Å². The number of benzene rings is 1. The molecule has 2 rings (SSSR count). The van der Waals surface area contributed by atoms with E-state index in [1.165, 1.54) is 0 Å². The summed E-state index contributed by atoms with van der Waals surface area (Å²) in [6.45, 7) is 3.57. The third kappa shape index (κ3) is 3.71. The third-order valence-electron chi connectivity index (χ3n) is 3.46. The average Bonchev–Trinajstić information content (AvgIpc) is 2.86. The lowest BCUT2D eigenvalue weighted by atomic mass is 9.99. The highest BCUT2D eigenvalue weighted by atomic mass is 79.9. The third-order valence-corrected chi connectivity index (χ3v) is 4.67. The molecule has 0 spiro atoms. The molecule has 0 aliphatic carbocycles. The zero-order valence-corrected chi connectivity index (χ0v) is 13.1. The molecule has 0 bridgehead atoms. The van der Waals surface area contributed by atoms with Gasteiger partial charge < -0.3 is 10.1 Å². The number of hydrogen-bond acceptors (Lipinski definition) is 2. The number of nitrogens with one attached hydrogen (secondary N) is 1. The Hall–Kier alpha value is -0.580. The van der Waals surface area contributed by atoms with Gasteiger partial charge >= 0.3 is 0 Å². The molecule has 104 valence electrons. The van der Waals surface area contributed by atoms with Crippen LogP contribution in [-0.4, -0.2) is 25.2 Å². The fraction of sp³-hybridized carbons (Fsp3) is 0.500.